The van der Waals surface area contributed by atoms with E-state index in [1.54, 1.807) is 18.4 Å². The first-order valence-corrected chi connectivity index (χ1v) is 7.25. The second-order valence-corrected chi connectivity index (χ2v) is 6.03. The van der Waals surface area contributed by atoms with Crippen LogP contribution >= 0.6 is 22.9 Å². The van der Waals surface area contributed by atoms with E-state index in [1.165, 1.54) is 4.88 Å². The summed E-state index contributed by atoms with van der Waals surface area (Å²) >= 11 is 7.87. The van der Waals surface area contributed by atoms with Gasteiger partial charge in [0.2, 0.25) is 0 Å². The van der Waals surface area contributed by atoms with Crippen LogP contribution in [0.4, 0.5) is 0 Å². The van der Waals surface area contributed by atoms with E-state index in [-0.39, 0.29) is 6.10 Å². The van der Waals surface area contributed by atoms with Crippen LogP contribution in [0.1, 0.15) is 23.2 Å². The number of halogens is 1. The summed E-state index contributed by atoms with van der Waals surface area (Å²) in [5.41, 5.74) is 1.16. The summed E-state index contributed by atoms with van der Waals surface area (Å²) in [5.74, 6) is 0.613. The first kappa shape index (κ1) is 14.7. The van der Waals surface area contributed by atoms with Crippen molar-refractivity contribution in [2.24, 2.45) is 0 Å². The van der Waals surface area contributed by atoms with Crippen molar-refractivity contribution in [1.82, 2.24) is 9.97 Å². The molecule has 2 aromatic heterocycles. The molecule has 0 aromatic carbocycles. The van der Waals surface area contributed by atoms with Crippen molar-refractivity contribution < 1.29 is 9.47 Å². The van der Waals surface area contributed by atoms with Crippen molar-refractivity contribution >= 4 is 33.2 Å². The van der Waals surface area contributed by atoms with Crippen LogP contribution < -0.4 is 0 Å². The molecule has 0 aliphatic carbocycles. The molecule has 2 heterocycles. The zero-order valence-corrected chi connectivity index (χ0v) is 13.1. The molecule has 1 atom stereocenters. The molecule has 0 spiro atoms. The fraction of sp³-hybridized carbons (Fsp3) is 0.538. The van der Waals surface area contributed by atoms with Crippen LogP contribution in [-0.2, 0) is 16.1 Å². The van der Waals surface area contributed by atoms with E-state index in [4.69, 9.17) is 21.1 Å². The lowest BCUT2D eigenvalue weighted by Crippen LogP contribution is -2.15. The molecule has 0 aliphatic heterocycles. The highest BCUT2D eigenvalue weighted by Gasteiger charge is 2.13. The van der Waals surface area contributed by atoms with Crippen LogP contribution in [0.25, 0.3) is 10.2 Å². The number of hydrogen-bond acceptors (Lipinski definition) is 5. The summed E-state index contributed by atoms with van der Waals surface area (Å²) in [6.07, 6.45) is 0.00915. The molecule has 0 fully saturated rings. The Morgan fingerprint density at radius 3 is 2.74 bits per heavy atom. The Balaban J connectivity index is 2.21. The number of methoxy groups -OCH3 is 1. The predicted octanol–water partition coefficient (Wildman–Crippen LogP) is 3.51. The van der Waals surface area contributed by atoms with Crippen molar-refractivity contribution in [2.45, 2.75) is 33.5 Å². The molecule has 0 saturated carbocycles. The van der Waals surface area contributed by atoms with E-state index >= 15 is 0 Å². The number of rotatable bonds is 5. The standard InChI is InChI=1S/C13H17ClN2O2S/c1-7(5-17-4)18-6-10-15-12(14)11-8(2)9(3)19-13(11)16-10/h7H,5-6H2,1-4H3. The van der Waals surface area contributed by atoms with Gasteiger partial charge in [-0.15, -0.1) is 11.3 Å². The third kappa shape index (κ3) is 3.23. The van der Waals surface area contributed by atoms with Gasteiger partial charge in [-0.1, -0.05) is 11.6 Å². The lowest BCUT2D eigenvalue weighted by atomic mass is 10.2. The van der Waals surface area contributed by atoms with E-state index in [0.717, 1.165) is 15.8 Å². The van der Waals surface area contributed by atoms with Crippen LogP contribution in [0, 0.1) is 13.8 Å². The van der Waals surface area contributed by atoms with Gasteiger partial charge in [-0.05, 0) is 26.3 Å². The minimum atomic E-state index is 0.00915. The van der Waals surface area contributed by atoms with E-state index in [9.17, 15) is 0 Å². The largest absolute Gasteiger partial charge is 0.382 e. The Kier molecular flexibility index (Phi) is 4.73. The maximum absolute atomic E-state index is 6.23. The molecule has 0 saturated heterocycles. The molecule has 0 amide bonds. The highest BCUT2D eigenvalue weighted by Crippen LogP contribution is 2.32. The molecule has 2 rings (SSSR count). The number of ether oxygens (including phenoxy) is 2. The number of hydrogen-bond donors (Lipinski definition) is 0. The van der Waals surface area contributed by atoms with Crippen LogP contribution in [-0.4, -0.2) is 29.8 Å². The number of nitrogens with zero attached hydrogens (tertiary/aromatic N) is 2. The van der Waals surface area contributed by atoms with Gasteiger partial charge in [-0.3, -0.25) is 0 Å². The van der Waals surface area contributed by atoms with Gasteiger partial charge in [-0.2, -0.15) is 0 Å². The first-order valence-electron chi connectivity index (χ1n) is 6.05. The first-order chi connectivity index (χ1) is 9.02. The van der Waals surface area contributed by atoms with Crippen molar-refractivity contribution in [1.29, 1.82) is 0 Å². The number of thiophene rings is 1. The van der Waals surface area contributed by atoms with E-state index in [0.29, 0.717) is 24.2 Å². The molecular formula is C13H17ClN2O2S. The van der Waals surface area contributed by atoms with Crippen LogP contribution in [0.2, 0.25) is 5.15 Å². The Morgan fingerprint density at radius 2 is 2.05 bits per heavy atom. The molecule has 0 radical (unpaired) electrons. The molecular weight excluding hydrogens is 284 g/mol. The molecule has 4 nitrogen and oxygen atoms in total. The molecule has 2 aromatic rings. The van der Waals surface area contributed by atoms with Gasteiger partial charge < -0.3 is 9.47 Å². The van der Waals surface area contributed by atoms with E-state index in [2.05, 4.69) is 16.9 Å². The zero-order valence-electron chi connectivity index (χ0n) is 11.5. The van der Waals surface area contributed by atoms with Crippen LogP contribution in [0.15, 0.2) is 0 Å². The smallest absolute Gasteiger partial charge is 0.157 e. The number of aromatic nitrogens is 2. The highest BCUT2D eigenvalue weighted by molar-refractivity contribution is 7.18. The maximum Gasteiger partial charge on any atom is 0.157 e. The maximum atomic E-state index is 6.23. The minimum absolute atomic E-state index is 0.00915. The summed E-state index contributed by atoms with van der Waals surface area (Å²) in [4.78, 5) is 11.0. The van der Waals surface area contributed by atoms with Gasteiger partial charge in [-0.25, -0.2) is 9.97 Å². The Hall–Kier alpha value is -0.750. The summed E-state index contributed by atoms with van der Waals surface area (Å²) in [7, 11) is 1.65. The third-order valence-corrected chi connectivity index (χ3v) is 4.30. The van der Waals surface area contributed by atoms with Crippen molar-refractivity contribution in [2.75, 3.05) is 13.7 Å². The average molecular weight is 301 g/mol. The second-order valence-electron chi connectivity index (χ2n) is 4.47. The predicted molar refractivity (Wildman–Crippen MR) is 78.0 cm³/mol. The van der Waals surface area contributed by atoms with Gasteiger partial charge in [0.15, 0.2) is 5.82 Å². The summed E-state index contributed by atoms with van der Waals surface area (Å²) in [6.45, 7) is 6.95. The monoisotopic (exact) mass is 300 g/mol. The molecule has 19 heavy (non-hydrogen) atoms. The summed E-state index contributed by atoms with van der Waals surface area (Å²) < 4.78 is 10.6. The lowest BCUT2D eigenvalue weighted by molar-refractivity contribution is -0.00261. The molecule has 104 valence electrons. The van der Waals surface area contributed by atoms with E-state index < -0.39 is 0 Å². The fourth-order valence-electron chi connectivity index (χ4n) is 1.81. The van der Waals surface area contributed by atoms with Crippen molar-refractivity contribution in [3.05, 3.63) is 21.4 Å². The molecule has 6 heteroatoms. The minimum Gasteiger partial charge on any atom is -0.382 e. The SMILES string of the molecule is COCC(C)OCc1nc(Cl)c2c(C)c(C)sc2n1. The zero-order chi connectivity index (χ0) is 14.0. The average Bonchev–Trinajstić information content (AvgIpc) is 2.63. The van der Waals surface area contributed by atoms with Gasteiger partial charge in [0.1, 0.15) is 16.6 Å². The Bertz CT molecular complexity index is 586. The summed E-state index contributed by atoms with van der Waals surface area (Å²) in [6, 6.07) is 0. The topological polar surface area (TPSA) is 44.2 Å². The molecule has 0 aliphatic rings. The van der Waals surface area contributed by atoms with E-state index in [1.807, 2.05) is 13.8 Å². The normalized spacial score (nSPS) is 13.1. The van der Waals surface area contributed by atoms with Crippen LogP contribution in [0.5, 0.6) is 0 Å². The Morgan fingerprint density at radius 1 is 1.32 bits per heavy atom. The van der Waals surface area contributed by atoms with Gasteiger partial charge in [0, 0.05) is 12.0 Å². The van der Waals surface area contributed by atoms with Gasteiger partial charge in [0.25, 0.3) is 0 Å². The van der Waals surface area contributed by atoms with Crippen molar-refractivity contribution in [3.63, 3.8) is 0 Å². The number of fused-ring (bicyclic) bond motifs is 1. The molecule has 0 N–H and O–H groups in total. The van der Waals surface area contributed by atoms with Gasteiger partial charge in [0.05, 0.1) is 18.1 Å². The lowest BCUT2D eigenvalue weighted by Gasteiger charge is -2.11. The second kappa shape index (κ2) is 6.13. The van der Waals surface area contributed by atoms with Crippen molar-refractivity contribution in [3.8, 4) is 0 Å². The van der Waals surface area contributed by atoms with Gasteiger partial charge >= 0.3 is 0 Å². The summed E-state index contributed by atoms with van der Waals surface area (Å²) in [5, 5.41) is 1.46. The fourth-order valence-corrected chi connectivity index (χ4v) is 3.24. The highest BCUT2D eigenvalue weighted by atomic mass is 35.5. The number of aryl methyl sites for hydroxylation is 2. The molecule has 1 unspecified atom stereocenters. The Labute approximate surface area is 121 Å². The quantitative estimate of drug-likeness (QED) is 0.793. The molecule has 0 bridgehead atoms. The van der Waals surface area contributed by atoms with Crippen LogP contribution in [0.3, 0.4) is 0 Å². The third-order valence-electron chi connectivity index (χ3n) is 2.93.